The lowest BCUT2D eigenvalue weighted by molar-refractivity contribution is -0.141. The van der Waals surface area contributed by atoms with Crippen molar-refractivity contribution in [2.24, 2.45) is 7.05 Å². The molecule has 0 aliphatic carbocycles. The molecular weight excluding hydrogens is 292 g/mol. The first-order valence-corrected chi connectivity index (χ1v) is 7.69. The first kappa shape index (κ1) is 16.8. The predicted octanol–water partition coefficient (Wildman–Crippen LogP) is 2.65. The molecule has 0 radical (unpaired) electrons. The Bertz CT molecular complexity index is 731. The molecule has 1 aromatic heterocycles. The largest absolute Gasteiger partial charge is 0.480 e. The van der Waals surface area contributed by atoms with Crippen LogP contribution in [0.4, 0.5) is 0 Å². The summed E-state index contributed by atoms with van der Waals surface area (Å²) < 4.78 is 2.04. The number of aryl methyl sites for hydroxylation is 2. The molecule has 0 fully saturated rings. The number of fused-ring (bicyclic) bond motifs is 1. The van der Waals surface area contributed by atoms with E-state index < -0.39 is 12.0 Å². The molecule has 1 atom stereocenters. The van der Waals surface area contributed by atoms with Crippen molar-refractivity contribution in [2.75, 3.05) is 0 Å². The lowest BCUT2D eigenvalue weighted by Crippen LogP contribution is -2.40. The van der Waals surface area contributed by atoms with Crippen LogP contribution in [0.3, 0.4) is 0 Å². The Morgan fingerprint density at radius 1 is 1.35 bits per heavy atom. The molecule has 1 heterocycles. The average molecular weight is 314 g/mol. The highest BCUT2D eigenvalue weighted by Crippen LogP contribution is 2.21. The second-order valence-electron chi connectivity index (χ2n) is 5.55. The number of para-hydroxylation sites is 1. The van der Waals surface area contributed by atoms with Gasteiger partial charge in [0.15, 0.2) is 0 Å². The van der Waals surface area contributed by atoms with E-state index in [2.05, 4.69) is 5.32 Å². The molecule has 0 saturated carbocycles. The molecule has 0 bridgehead atoms. The number of rotatable bonds is 7. The van der Waals surface area contributed by atoms with Gasteiger partial charge < -0.3 is 15.0 Å². The van der Waals surface area contributed by atoms with Crippen LogP contribution < -0.4 is 5.32 Å². The molecule has 122 valence electrons. The number of nitrogens with zero attached hydrogens (tertiary/aromatic N) is 1. The molecule has 2 aromatic rings. The maximum Gasteiger partial charge on any atom is 0.326 e. The third-order valence-electron chi connectivity index (χ3n) is 3.84. The summed E-state index contributed by atoms with van der Waals surface area (Å²) in [7, 11) is 1.98. The van der Waals surface area contributed by atoms with E-state index in [1.807, 2.05) is 49.0 Å². The number of amides is 1. The van der Waals surface area contributed by atoms with Gasteiger partial charge in [-0.25, -0.2) is 4.79 Å². The molecule has 23 heavy (non-hydrogen) atoms. The minimum Gasteiger partial charge on any atom is -0.480 e. The minimum absolute atomic E-state index is 0.241. The number of carbonyl (C=O) groups is 2. The van der Waals surface area contributed by atoms with Crippen LogP contribution in [0.15, 0.2) is 42.6 Å². The van der Waals surface area contributed by atoms with E-state index in [9.17, 15) is 9.59 Å². The van der Waals surface area contributed by atoms with Gasteiger partial charge in [0.05, 0.1) is 0 Å². The van der Waals surface area contributed by atoms with Gasteiger partial charge in [-0.15, -0.1) is 0 Å². The van der Waals surface area contributed by atoms with Crippen molar-refractivity contribution in [3.8, 4) is 0 Å². The smallest absolute Gasteiger partial charge is 0.326 e. The zero-order valence-electron chi connectivity index (χ0n) is 13.5. The van der Waals surface area contributed by atoms with E-state index in [1.165, 1.54) is 0 Å². The van der Waals surface area contributed by atoms with Crippen LogP contribution >= 0.6 is 0 Å². The van der Waals surface area contributed by atoms with Gasteiger partial charge in [0.25, 0.3) is 0 Å². The highest BCUT2D eigenvalue weighted by Gasteiger charge is 2.18. The van der Waals surface area contributed by atoms with Gasteiger partial charge in [-0.1, -0.05) is 30.4 Å². The number of aliphatic carboxylic acids is 1. The summed E-state index contributed by atoms with van der Waals surface area (Å²) >= 11 is 0. The Morgan fingerprint density at radius 3 is 2.78 bits per heavy atom. The van der Waals surface area contributed by atoms with Crippen LogP contribution in [0.25, 0.3) is 10.9 Å². The van der Waals surface area contributed by atoms with Gasteiger partial charge in [-0.05, 0) is 31.4 Å². The van der Waals surface area contributed by atoms with Crippen molar-refractivity contribution < 1.29 is 14.7 Å². The molecule has 0 aliphatic heterocycles. The first-order chi connectivity index (χ1) is 11.0. The van der Waals surface area contributed by atoms with Crippen LogP contribution in [-0.4, -0.2) is 27.6 Å². The second-order valence-corrected chi connectivity index (χ2v) is 5.55. The van der Waals surface area contributed by atoms with E-state index in [-0.39, 0.29) is 12.3 Å². The topological polar surface area (TPSA) is 71.3 Å². The van der Waals surface area contributed by atoms with Crippen molar-refractivity contribution in [1.82, 2.24) is 9.88 Å². The Kier molecular flexibility index (Phi) is 5.57. The molecule has 0 saturated heterocycles. The first-order valence-electron chi connectivity index (χ1n) is 7.69. The fraction of sp³-hybridized carbons (Fsp3) is 0.333. The van der Waals surface area contributed by atoms with E-state index in [1.54, 1.807) is 12.2 Å². The summed E-state index contributed by atoms with van der Waals surface area (Å²) in [5, 5.41) is 12.8. The number of carboxylic acid groups (broad SMARTS) is 1. The third-order valence-corrected chi connectivity index (χ3v) is 3.84. The van der Waals surface area contributed by atoms with Crippen molar-refractivity contribution in [3.05, 3.63) is 48.2 Å². The highest BCUT2D eigenvalue weighted by atomic mass is 16.4. The molecule has 0 spiro atoms. The Hall–Kier alpha value is -2.56. The van der Waals surface area contributed by atoms with Gasteiger partial charge in [0.2, 0.25) is 5.91 Å². The van der Waals surface area contributed by atoms with E-state index >= 15 is 0 Å². The molecule has 2 rings (SSSR count). The molecule has 5 nitrogen and oxygen atoms in total. The van der Waals surface area contributed by atoms with Crippen LogP contribution in [0, 0.1) is 0 Å². The number of allylic oxidation sites excluding steroid dienone is 1. The van der Waals surface area contributed by atoms with Crippen molar-refractivity contribution in [2.45, 2.75) is 32.2 Å². The Labute approximate surface area is 135 Å². The normalized spacial score (nSPS) is 12.6. The lowest BCUT2D eigenvalue weighted by Gasteiger charge is -2.12. The molecule has 5 heteroatoms. The molecule has 0 aliphatic rings. The predicted molar refractivity (Wildman–Crippen MR) is 90.2 cm³/mol. The number of hydrogen-bond donors (Lipinski definition) is 2. The van der Waals surface area contributed by atoms with Gasteiger partial charge in [0.1, 0.15) is 6.04 Å². The molecular formula is C18H22N2O3. The summed E-state index contributed by atoms with van der Waals surface area (Å²) in [6.45, 7) is 1.82. The van der Waals surface area contributed by atoms with Crippen LogP contribution in [-0.2, 0) is 23.1 Å². The zero-order chi connectivity index (χ0) is 16.8. The second kappa shape index (κ2) is 7.63. The maximum atomic E-state index is 12.0. The number of benzene rings is 1. The quantitative estimate of drug-likeness (QED) is 0.772. The van der Waals surface area contributed by atoms with Crippen LogP contribution in [0.2, 0.25) is 0 Å². The number of carbonyl (C=O) groups excluding carboxylic acids is 1. The summed E-state index contributed by atoms with van der Waals surface area (Å²) in [6.07, 6.45) is 6.69. The Balaban J connectivity index is 1.99. The van der Waals surface area contributed by atoms with Gasteiger partial charge in [-0.3, -0.25) is 4.79 Å². The summed E-state index contributed by atoms with van der Waals surface area (Å²) in [6, 6.07) is 7.16. The maximum absolute atomic E-state index is 12.0. The number of carboxylic acids is 1. The Morgan fingerprint density at radius 2 is 2.09 bits per heavy atom. The fourth-order valence-corrected chi connectivity index (χ4v) is 2.63. The van der Waals surface area contributed by atoms with Crippen molar-refractivity contribution in [3.63, 3.8) is 0 Å². The number of aromatic nitrogens is 1. The van der Waals surface area contributed by atoms with E-state index in [0.29, 0.717) is 12.8 Å². The molecule has 1 amide bonds. The standard InChI is InChI=1S/C18H22N2O3/c1-3-4-8-15(18(22)23)19-17(21)11-10-13-12-20(2)16-9-6-5-7-14(13)16/h3-7,9,12,15H,8,10-11H2,1-2H3,(H,19,21)(H,22,23)/b4-3+. The van der Waals surface area contributed by atoms with Gasteiger partial charge in [0, 0.05) is 30.6 Å². The van der Waals surface area contributed by atoms with Crippen molar-refractivity contribution in [1.29, 1.82) is 0 Å². The highest BCUT2D eigenvalue weighted by molar-refractivity contribution is 5.86. The number of hydrogen-bond acceptors (Lipinski definition) is 2. The third kappa shape index (κ3) is 4.22. The lowest BCUT2D eigenvalue weighted by atomic mass is 10.1. The summed E-state index contributed by atoms with van der Waals surface area (Å²) in [5.74, 6) is -1.25. The van der Waals surface area contributed by atoms with Gasteiger partial charge in [-0.2, -0.15) is 0 Å². The monoisotopic (exact) mass is 314 g/mol. The van der Waals surface area contributed by atoms with E-state index in [0.717, 1.165) is 16.5 Å². The molecule has 1 aromatic carbocycles. The van der Waals surface area contributed by atoms with Crippen LogP contribution in [0.5, 0.6) is 0 Å². The van der Waals surface area contributed by atoms with E-state index in [4.69, 9.17) is 5.11 Å². The van der Waals surface area contributed by atoms with Gasteiger partial charge >= 0.3 is 5.97 Å². The number of nitrogens with one attached hydrogen (secondary N) is 1. The average Bonchev–Trinajstić information content (AvgIpc) is 2.86. The molecule has 1 unspecified atom stereocenters. The fourth-order valence-electron chi connectivity index (χ4n) is 2.63. The summed E-state index contributed by atoms with van der Waals surface area (Å²) in [4.78, 5) is 23.2. The summed E-state index contributed by atoms with van der Waals surface area (Å²) in [5.41, 5.74) is 2.22. The SMILES string of the molecule is C/C=C/CC(NC(=O)CCc1cn(C)c2ccccc12)C(=O)O. The zero-order valence-corrected chi connectivity index (χ0v) is 13.5. The molecule has 2 N–H and O–H groups in total. The minimum atomic E-state index is -1.01. The van der Waals surface area contributed by atoms with Crippen molar-refractivity contribution >= 4 is 22.8 Å². The van der Waals surface area contributed by atoms with Crippen LogP contribution in [0.1, 0.15) is 25.3 Å².